The number of benzene rings is 1. The Kier molecular flexibility index (Phi) is 2.44. The molecule has 16 heavy (non-hydrogen) atoms. The van der Waals surface area contributed by atoms with Crippen LogP contribution in [0, 0.1) is 0 Å². The van der Waals surface area contributed by atoms with Gasteiger partial charge >= 0.3 is 5.97 Å². The van der Waals surface area contributed by atoms with E-state index in [0.29, 0.717) is 22.2 Å². The third-order valence-corrected chi connectivity index (χ3v) is 2.43. The summed E-state index contributed by atoms with van der Waals surface area (Å²) in [5.74, 6) is -0.457. The molecular formula is C11H10N2O3. The summed E-state index contributed by atoms with van der Waals surface area (Å²) >= 11 is 0. The molecule has 2 aromatic rings. The first-order chi connectivity index (χ1) is 7.69. The van der Waals surface area contributed by atoms with Gasteiger partial charge in [0.15, 0.2) is 6.29 Å². The topological polar surface area (TPSA) is 61.2 Å². The van der Waals surface area contributed by atoms with Gasteiger partial charge in [-0.05, 0) is 6.07 Å². The van der Waals surface area contributed by atoms with Crippen molar-refractivity contribution in [2.75, 3.05) is 7.11 Å². The molecule has 0 N–H and O–H groups in total. The molecule has 0 spiro atoms. The Balaban J connectivity index is 2.79. The molecule has 1 heterocycles. The molecule has 0 bridgehead atoms. The number of aldehydes is 1. The molecule has 1 aromatic carbocycles. The van der Waals surface area contributed by atoms with E-state index < -0.39 is 5.97 Å². The number of carbonyl (C=O) groups excluding carboxylic acids is 2. The van der Waals surface area contributed by atoms with Crippen molar-refractivity contribution in [1.82, 2.24) is 9.78 Å². The fourth-order valence-electron chi connectivity index (χ4n) is 1.65. The van der Waals surface area contributed by atoms with Gasteiger partial charge in [-0.15, -0.1) is 0 Å². The van der Waals surface area contributed by atoms with Gasteiger partial charge in [0, 0.05) is 12.4 Å². The Morgan fingerprint density at radius 1 is 1.50 bits per heavy atom. The summed E-state index contributed by atoms with van der Waals surface area (Å²) in [7, 11) is 2.97. The molecule has 0 aliphatic carbocycles. The Labute approximate surface area is 91.6 Å². The summed E-state index contributed by atoms with van der Waals surface area (Å²) in [5.41, 5.74) is 1.29. The predicted octanol–water partition coefficient (Wildman–Crippen LogP) is 1.17. The predicted molar refractivity (Wildman–Crippen MR) is 57.4 cm³/mol. The van der Waals surface area contributed by atoms with Gasteiger partial charge in [0.25, 0.3) is 0 Å². The number of fused-ring (bicyclic) bond motifs is 1. The molecule has 0 unspecified atom stereocenters. The van der Waals surface area contributed by atoms with Crippen LogP contribution in [-0.4, -0.2) is 29.1 Å². The number of carbonyl (C=O) groups is 2. The van der Waals surface area contributed by atoms with Gasteiger partial charge in [-0.1, -0.05) is 12.1 Å². The molecule has 1 aromatic heterocycles. The molecule has 5 nitrogen and oxygen atoms in total. The summed E-state index contributed by atoms with van der Waals surface area (Å²) in [6.45, 7) is 0. The summed E-state index contributed by atoms with van der Waals surface area (Å²) in [6.07, 6.45) is 0.719. The molecule has 0 atom stereocenters. The number of rotatable bonds is 2. The van der Waals surface area contributed by atoms with Crippen molar-refractivity contribution in [2.24, 2.45) is 7.05 Å². The molecule has 5 heteroatoms. The summed E-state index contributed by atoms with van der Waals surface area (Å²) in [5, 5.41) is 4.79. The molecule has 0 saturated carbocycles. The van der Waals surface area contributed by atoms with Gasteiger partial charge in [0.05, 0.1) is 12.7 Å². The van der Waals surface area contributed by atoms with E-state index in [9.17, 15) is 9.59 Å². The van der Waals surface area contributed by atoms with Crippen LogP contribution in [0.4, 0.5) is 0 Å². The van der Waals surface area contributed by atoms with Gasteiger partial charge in [-0.25, -0.2) is 4.79 Å². The van der Waals surface area contributed by atoms with Crippen molar-refractivity contribution < 1.29 is 14.3 Å². The molecule has 0 fully saturated rings. The van der Waals surface area contributed by atoms with Crippen LogP contribution in [0.1, 0.15) is 20.8 Å². The second kappa shape index (κ2) is 3.77. The van der Waals surface area contributed by atoms with Gasteiger partial charge < -0.3 is 4.74 Å². The zero-order valence-electron chi connectivity index (χ0n) is 8.93. The third kappa shape index (κ3) is 1.37. The van der Waals surface area contributed by atoms with Crippen LogP contribution in [0.25, 0.3) is 10.9 Å². The van der Waals surface area contributed by atoms with E-state index in [1.807, 2.05) is 0 Å². The monoisotopic (exact) mass is 218 g/mol. The molecular weight excluding hydrogens is 208 g/mol. The number of ether oxygens (including phenoxy) is 1. The number of hydrogen-bond acceptors (Lipinski definition) is 4. The van der Waals surface area contributed by atoms with Crippen LogP contribution in [0.15, 0.2) is 18.2 Å². The fraction of sp³-hybridized carbons (Fsp3) is 0.182. The van der Waals surface area contributed by atoms with E-state index in [0.717, 1.165) is 6.29 Å². The summed E-state index contributed by atoms with van der Waals surface area (Å²) in [4.78, 5) is 22.4. The van der Waals surface area contributed by atoms with Crippen LogP contribution in [-0.2, 0) is 11.8 Å². The van der Waals surface area contributed by atoms with E-state index in [4.69, 9.17) is 0 Å². The van der Waals surface area contributed by atoms with Crippen molar-refractivity contribution in [2.45, 2.75) is 0 Å². The first-order valence-corrected chi connectivity index (χ1v) is 4.68. The Hall–Kier alpha value is -2.17. The minimum atomic E-state index is -0.457. The lowest BCUT2D eigenvalue weighted by atomic mass is 10.1. The molecule has 0 amide bonds. The second-order valence-corrected chi connectivity index (χ2v) is 3.32. The summed E-state index contributed by atoms with van der Waals surface area (Å²) < 4.78 is 6.10. The van der Waals surface area contributed by atoms with Crippen molar-refractivity contribution in [3.63, 3.8) is 0 Å². The van der Waals surface area contributed by atoms with E-state index >= 15 is 0 Å². The molecule has 0 radical (unpaired) electrons. The molecule has 0 aliphatic heterocycles. The van der Waals surface area contributed by atoms with Crippen molar-refractivity contribution in [3.05, 3.63) is 29.5 Å². The second-order valence-electron chi connectivity index (χ2n) is 3.32. The number of nitrogens with zero attached hydrogens (tertiary/aromatic N) is 2. The highest BCUT2D eigenvalue weighted by Crippen LogP contribution is 2.20. The first-order valence-electron chi connectivity index (χ1n) is 4.68. The Morgan fingerprint density at radius 3 is 2.88 bits per heavy atom. The average molecular weight is 218 g/mol. The maximum absolute atomic E-state index is 11.5. The van der Waals surface area contributed by atoms with Gasteiger partial charge in [-0.2, -0.15) is 5.10 Å². The minimum absolute atomic E-state index is 0.365. The van der Waals surface area contributed by atoms with E-state index in [1.165, 1.54) is 11.8 Å². The lowest BCUT2D eigenvalue weighted by molar-refractivity contribution is 0.0602. The normalized spacial score (nSPS) is 10.4. The van der Waals surface area contributed by atoms with E-state index in [1.54, 1.807) is 25.2 Å². The standard InChI is InChI=1S/C11H10N2O3/c1-13-9(6-14)7-4-3-5-8(10(7)12-13)11(15)16-2/h3-6H,1-2H3. The van der Waals surface area contributed by atoms with Gasteiger partial charge in [0.2, 0.25) is 0 Å². The number of esters is 1. The van der Waals surface area contributed by atoms with Crippen LogP contribution in [0.3, 0.4) is 0 Å². The quantitative estimate of drug-likeness (QED) is 0.560. The first kappa shape index (κ1) is 10.4. The van der Waals surface area contributed by atoms with Crippen molar-refractivity contribution in [1.29, 1.82) is 0 Å². The highest BCUT2D eigenvalue weighted by molar-refractivity contribution is 6.06. The Bertz CT molecular complexity index is 572. The largest absolute Gasteiger partial charge is 0.465 e. The molecule has 82 valence electrons. The highest BCUT2D eigenvalue weighted by atomic mass is 16.5. The van der Waals surface area contributed by atoms with Gasteiger partial charge in [-0.3, -0.25) is 9.48 Å². The number of methoxy groups -OCH3 is 1. The number of hydrogen-bond donors (Lipinski definition) is 0. The van der Waals surface area contributed by atoms with Crippen LogP contribution < -0.4 is 0 Å². The smallest absolute Gasteiger partial charge is 0.340 e. The Morgan fingerprint density at radius 2 is 2.25 bits per heavy atom. The molecule has 0 aliphatic rings. The number of aryl methyl sites for hydroxylation is 1. The maximum atomic E-state index is 11.5. The van der Waals surface area contributed by atoms with Crippen LogP contribution in [0.5, 0.6) is 0 Å². The van der Waals surface area contributed by atoms with E-state index in [2.05, 4.69) is 9.84 Å². The van der Waals surface area contributed by atoms with Crippen LogP contribution >= 0.6 is 0 Å². The third-order valence-electron chi connectivity index (χ3n) is 2.43. The highest BCUT2D eigenvalue weighted by Gasteiger charge is 2.16. The van der Waals surface area contributed by atoms with Crippen LogP contribution in [0.2, 0.25) is 0 Å². The van der Waals surface area contributed by atoms with Crippen molar-refractivity contribution >= 4 is 23.2 Å². The number of aromatic nitrogens is 2. The zero-order valence-corrected chi connectivity index (χ0v) is 8.93. The fourth-order valence-corrected chi connectivity index (χ4v) is 1.65. The van der Waals surface area contributed by atoms with Gasteiger partial charge in [0.1, 0.15) is 11.2 Å². The maximum Gasteiger partial charge on any atom is 0.340 e. The average Bonchev–Trinajstić information content (AvgIpc) is 2.63. The molecule has 0 saturated heterocycles. The van der Waals surface area contributed by atoms with E-state index in [-0.39, 0.29) is 0 Å². The summed E-state index contributed by atoms with van der Waals surface area (Å²) in [6, 6.07) is 5.07. The molecule has 2 rings (SSSR count). The van der Waals surface area contributed by atoms with Crippen molar-refractivity contribution in [3.8, 4) is 0 Å². The SMILES string of the molecule is COC(=O)c1cccc2c(C=O)n(C)nc12. The zero-order chi connectivity index (χ0) is 11.7. The lowest BCUT2D eigenvalue weighted by Crippen LogP contribution is -2.02. The minimum Gasteiger partial charge on any atom is -0.465 e. The lowest BCUT2D eigenvalue weighted by Gasteiger charge is -1.98.